The molecule has 3 heterocycles. The number of nitrogens with one attached hydrogen (secondary N) is 2. The highest BCUT2D eigenvalue weighted by Crippen LogP contribution is 2.45. The molecule has 202 valence electrons. The summed E-state index contributed by atoms with van der Waals surface area (Å²) in [5.74, 6) is -1.19. The van der Waals surface area contributed by atoms with Crippen molar-refractivity contribution in [3.63, 3.8) is 0 Å². The molecule has 2 aromatic heterocycles. The van der Waals surface area contributed by atoms with E-state index >= 15 is 0 Å². The van der Waals surface area contributed by atoms with Gasteiger partial charge in [-0.25, -0.2) is 4.98 Å². The number of hydrazine groups is 1. The SMILES string of the molecule is Cn1ncc2c3c(cnc21)C(c1cccc(C(F)(F)F)c1)N(C1C=CC(C(=O)Nc2ccccc2O)=CC1=O)N3. The second-order valence-electron chi connectivity index (χ2n) is 9.42. The topological polar surface area (TPSA) is 112 Å². The lowest BCUT2D eigenvalue weighted by Crippen LogP contribution is -2.43. The fourth-order valence-corrected chi connectivity index (χ4v) is 4.96. The predicted octanol–water partition coefficient (Wildman–Crippen LogP) is 4.50. The van der Waals surface area contributed by atoms with Crippen LogP contribution in [0.1, 0.15) is 22.7 Å². The first kappa shape index (κ1) is 25.3. The highest BCUT2D eigenvalue weighted by atomic mass is 19.4. The van der Waals surface area contributed by atoms with Gasteiger partial charge < -0.3 is 15.8 Å². The smallest absolute Gasteiger partial charge is 0.416 e. The van der Waals surface area contributed by atoms with Crippen LogP contribution in [0.3, 0.4) is 0 Å². The summed E-state index contributed by atoms with van der Waals surface area (Å²) in [4.78, 5) is 30.6. The minimum Gasteiger partial charge on any atom is -0.506 e. The van der Waals surface area contributed by atoms with Crippen LogP contribution >= 0.6 is 0 Å². The van der Waals surface area contributed by atoms with E-state index in [1.165, 1.54) is 36.4 Å². The molecule has 2 aliphatic rings. The summed E-state index contributed by atoms with van der Waals surface area (Å²) >= 11 is 0. The highest BCUT2D eigenvalue weighted by Gasteiger charge is 2.41. The van der Waals surface area contributed by atoms with Crippen LogP contribution in [0.4, 0.5) is 24.5 Å². The summed E-state index contributed by atoms with van der Waals surface area (Å²) < 4.78 is 42.4. The largest absolute Gasteiger partial charge is 0.506 e. The number of fused-ring (bicyclic) bond motifs is 3. The van der Waals surface area contributed by atoms with Gasteiger partial charge in [0.1, 0.15) is 11.8 Å². The van der Waals surface area contributed by atoms with E-state index in [1.807, 2.05) is 0 Å². The molecule has 0 saturated carbocycles. The number of anilines is 2. The molecular weight excluding hydrogens is 525 g/mol. The summed E-state index contributed by atoms with van der Waals surface area (Å²) in [6, 6.07) is 9.35. The number of pyridine rings is 1. The molecule has 1 aliphatic carbocycles. The number of phenols is 1. The van der Waals surface area contributed by atoms with Gasteiger partial charge in [-0.15, -0.1) is 0 Å². The number of ketones is 1. The zero-order chi connectivity index (χ0) is 28.2. The van der Waals surface area contributed by atoms with Crippen molar-refractivity contribution < 1.29 is 27.9 Å². The average molecular weight is 547 g/mol. The van der Waals surface area contributed by atoms with Gasteiger partial charge >= 0.3 is 6.18 Å². The van der Waals surface area contributed by atoms with Crippen LogP contribution < -0.4 is 10.7 Å². The molecule has 0 fully saturated rings. The predicted molar refractivity (Wildman–Crippen MR) is 140 cm³/mol. The number of aromatic hydroxyl groups is 1. The standard InChI is InChI=1S/C28H21F3N6O3/c1-36-26-19(14-33-36)24-18(13-32-26)25(15-5-4-6-17(11-15)28(29,30)31)37(35-24)21-10-9-16(12-23(21)39)27(40)34-20-7-2-3-8-22(20)38/h2-14,21,25,35,38H,1H3,(H,34,40). The van der Waals surface area contributed by atoms with Gasteiger partial charge in [-0.1, -0.05) is 36.4 Å². The molecule has 12 heteroatoms. The first-order valence-electron chi connectivity index (χ1n) is 12.2. The number of hydrogen-bond donors (Lipinski definition) is 3. The lowest BCUT2D eigenvalue weighted by atomic mass is 9.94. The molecule has 0 saturated heterocycles. The molecule has 40 heavy (non-hydrogen) atoms. The minimum absolute atomic E-state index is 0.0631. The van der Waals surface area contributed by atoms with Gasteiger partial charge in [0.15, 0.2) is 11.4 Å². The van der Waals surface area contributed by atoms with Crippen LogP contribution in [-0.4, -0.2) is 42.6 Å². The fourth-order valence-electron chi connectivity index (χ4n) is 4.96. The van der Waals surface area contributed by atoms with E-state index in [0.717, 1.165) is 12.1 Å². The Bertz CT molecular complexity index is 1740. The van der Waals surface area contributed by atoms with Crippen molar-refractivity contribution in [3.8, 4) is 5.75 Å². The Kier molecular flexibility index (Phi) is 5.91. The summed E-state index contributed by atoms with van der Waals surface area (Å²) in [7, 11) is 1.72. The minimum atomic E-state index is -4.56. The van der Waals surface area contributed by atoms with Crippen molar-refractivity contribution >= 4 is 34.1 Å². The summed E-state index contributed by atoms with van der Waals surface area (Å²) in [5, 5.41) is 18.9. The van der Waals surface area contributed by atoms with E-state index in [1.54, 1.807) is 47.3 Å². The maximum atomic E-state index is 13.6. The molecule has 1 aliphatic heterocycles. The van der Waals surface area contributed by atoms with Crippen molar-refractivity contribution in [3.05, 3.63) is 101 Å². The molecule has 9 nitrogen and oxygen atoms in total. The van der Waals surface area contributed by atoms with E-state index in [0.29, 0.717) is 27.8 Å². The molecule has 2 aromatic carbocycles. The number of aryl methyl sites for hydroxylation is 1. The summed E-state index contributed by atoms with van der Waals surface area (Å²) in [5.41, 5.74) is 4.66. The average Bonchev–Trinajstić information content (AvgIpc) is 3.50. The van der Waals surface area contributed by atoms with E-state index in [2.05, 4.69) is 20.8 Å². The number of nitrogens with zero attached hydrogens (tertiary/aromatic N) is 4. The maximum absolute atomic E-state index is 13.6. The zero-order valence-electron chi connectivity index (χ0n) is 20.8. The molecule has 6 rings (SSSR count). The molecule has 2 unspecified atom stereocenters. The Morgan fingerprint density at radius 3 is 2.67 bits per heavy atom. The Labute approximate surface area is 225 Å². The number of amides is 1. The number of halogens is 3. The number of aromatic nitrogens is 3. The number of carbonyl (C=O) groups excluding carboxylic acids is 2. The number of benzene rings is 2. The Morgan fingerprint density at radius 2 is 1.93 bits per heavy atom. The van der Waals surface area contributed by atoms with E-state index in [4.69, 9.17) is 0 Å². The lowest BCUT2D eigenvalue weighted by Gasteiger charge is -2.31. The van der Waals surface area contributed by atoms with E-state index < -0.39 is 35.5 Å². The van der Waals surface area contributed by atoms with Crippen LogP contribution in [0.2, 0.25) is 0 Å². The van der Waals surface area contributed by atoms with Crippen molar-refractivity contribution in [1.82, 2.24) is 19.8 Å². The maximum Gasteiger partial charge on any atom is 0.416 e. The van der Waals surface area contributed by atoms with Crippen LogP contribution in [0.5, 0.6) is 5.75 Å². The number of para-hydroxylation sites is 2. The number of rotatable bonds is 4. The number of phenolic OH excluding ortho intramolecular Hbond substituents is 1. The van der Waals surface area contributed by atoms with Gasteiger partial charge in [-0.3, -0.25) is 14.3 Å². The molecule has 4 aromatic rings. The van der Waals surface area contributed by atoms with Crippen LogP contribution in [-0.2, 0) is 22.8 Å². The third-order valence-electron chi connectivity index (χ3n) is 6.90. The Hall–Kier alpha value is -4.97. The summed E-state index contributed by atoms with van der Waals surface area (Å²) in [6.45, 7) is 0. The van der Waals surface area contributed by atoms with Gasteiger partial charge in [0, 0.05) is 24.4 Å². The zero-order valence-corrected chi connectivity index (χ0v) is 20.8. The van der Waals surface area contributed by atoms with E-state index in [9.17, 15) is 27.9 Å². The molecule has 3 N–H and O–H groups in total. The van der Waals surface area contributed by atoms with Crippen molar-refractivity contribution in [2.24, 2.45) is 7.05 Å². The third kappa shape index (κ3) is 4.28. The van der Waals surface area contributed by atoms with Gasteiger partial charge in [0.25, 0.3) is 5.91 Å². The van der Waals surface area contributed by atoms with E-state index in [-0.39, 0.29) is 17.0 Å². The van der Waals surface area contributed by atoms with Gasteiger partial charge in [-0.05, 0) is 35.9 Å². The second kappa shape index (κ2) is 9.35. The van der Waals surface area contributed by atoms with Crippen LogP contribution in [0.15, 0.2) is 84.7 Å². The molecule has 0 spiro atoms. The van der Waals surface area contributed by atoms with Crippen molar-refractivity contribution in [2.45, 2.75) is 18.3 Å². The van der Waals surface area contributed by atoms with Crippen LogP contribution in [0, 0.1) is 0 Å². The lowest BCUT2D eigenvalue weighted by molar-refractivity contribution is -0.137. The van der Waals surface area contributed by atoms with Crippen molar-refractivity contribution in [1.29, 1.82) is 0 Å². The fraction of sp³-hybridized carbons (Fsp3) is 0.143. The molecule has 0 bridgehead atoms. The number of carbonyl (C=O) groups is 2. The first-order chi connectivity index (χ1) is 19.1. The first-order valence-corrected chi connectivity index (χ1v) is 12.2. The monoisotopic (exact) mass is 546 g/mol. The molecular formula is C28H21F3N6O3. The molecule has 0 radical (unpaired) electrons. The normalized spacial score (nSPS) is 18.9. The highest BCUT2D eigenvalue weighted by molar-refractivity contribution is 6.13. The number of hydrogen-bond acceptors (Lipinski definition) is 7. The molecule has 1 amide bonds. The third-order valence-corrected chi connectivity index (χ3v) is 6.90. The van der Waals surface area contributed by atoms with Gasteiger partial charge in [0.2, 0.25) is 0 Å². The molecule has 2 atom stereocenters. The Morgan fingerprint density at radius 1 is 1.12 bits per heavy atom. The second-order valence-corrected chi connectivity index (χ2v) is 9.42. The van der Waals surface area contributed by atoms with Crippen molar-refractivity contribution in [2.75, 3.05) is 10.7 Å². The number of alkyl halides is 3. The Balaban J connectivity index is 1.36. The van der Waals surface area contributed by atoms with Crippen LogP contribution in [0.25, 0.3) is 11.0 Å². The van der Waals surface area contributed by atoms with Gasteiger partial charge in [-0.2, -0.15) is 23.3 Å². The summed E-state index contributed by atoms with van der Waals surface area (Å²) in [6.07, 6.45) is 2.75. The quantitative estimate of drug-likeness (QED) is 0.323. The van der Waals surface area contributed by atoms with Gasteiger partial charge in [0.05, 0.1) is 34.6 Å².